The quantitative estimate of drug-likeness (QED) is 0.354. The number of allylic oxidation sites excluding steroid dienone is 1. The zero-order valence-electron chi connectivity index (χ0n) is 18.3. The lowest BCUT2D eigenvalue weighted by atomic mass is 9.85. The highest BCUT2D eigenvalue weighted by Crippen LogP contribution is 2.51. The van der Waals surface area contributed by atoms with E-state index < -0.39 is 55.4 Å². The van der Waals surface area contributed by atoms with Crippen molar-refractivity contribution in [1.29, 1.82) is 0 Å². The Bertz CT molecular complexity index is 1530. The molecular weight excluding hydrogens is 579 g/mol. The third kappa shape index (κ3) is 4.53. The molecule has 6 nitrogen and oxygen atoms in total. The average molecular weight is 593 g/mol. The van der Waals surface area contributed by atoms with E-state index >= 15 is 0 Å². The summed E-state index contributed by atoms with van der Waals surface area (Å²) in [4.78, 5) is 18.4. The molecule has 0 aliphatic carbocycles. The molecule has 0 saturated heterocycles. The van der Waals surface area contributed by atoms with E-state index in [-0.39, 0.29) is 17.0 Å². The molecule has 1 unspecified atom stereocenters. The Morgan fingerprint density at radius 1 is 1.19 bits per heavy atom. The number of halogens is 6. The summed E-state index contributed by atoms with van der Waals surface area (Å²) >= 11 is 12.9. The predicted octanol–water partition coefficient (Wildman–Crippen LogP) is 5.88. The Hall–Kier alpha value is -2.54. The minimum Gasteiger partial charge on any atom is -0.374 e. The Labute approximate surface area is 222 Å². The smallest absolute Gasteiger partial charge is 0.374 e. The van der Waals surface area contributed by atoms with Crippen molar-refractivity contribution in [3.8, 4) is 0 Å². The third-order valence-electron chi connectivity index (χ3n) is 6.04. The summed E-state index contributed by atoms with van der Waals surface area (Å²) in [6.45, 7) is 0. The van der Waals surface area contributed by atoms with Gasteiger partial charge in [0.25, 0.3) is 11.5 Å². The average Bonchev–Trinajstić information content (AvgIpc) is 3.54. The van der Waals surface area contributed by atoms with Crippen LogP contribution in [-0.4, -0.2) is 32.0 Å². The van der Waals surface area contributed by atoms with Gasteiger partial charge < -0.3 is 10.2 Å². The van der Waals surface area contributed by atoms with E-state index in [4.69, 9.17) is 28.0 Å². The summed E-state index contributed by atoms with van der Waals surface area (Å²) in [6, 6.07) is 4.55. The molecule has 5 rings (SSSR count). The lowest BCUT2D eigenvalue weighted by Gasteiger charge is -2.29. The number of carbonyl (C=O) groups is 1. The van der Waals surface area contributed by atoms with Crippen molar-refractivity contribution in [2.45, 2.75) is 29.5 Å². The van der Waals surface area contributed by atoms with Crippen molar-refractivity contribution in [3.05, 3.63) is 85.0 Å². The van der Waals surface area contributed by atoms with E-state index in [0.717, 1.165) is 22.9 Å². The van der Waals surface area contributed by atoms with Crippen LogP contribution in [-0.2, 0) is 26.7 Å². The second kappa shape index (κ2) is 9.04. The lowest BCUT2D eigenvalue weighted by Crippen LogP contribution is -2.42. The summed E-state index contributed by atoms with van der Waals surface area (Å²) < 4.78 is 80.1. The number of nitrogens with zero attached hydrogens (tertiary/aromatic N) is 1. The number of amides is 1. The molecule has 0 aromatic heterocycles. The first-order chi connectivity index (χ1) is 17.3. The van der Waals surface area contributed by atoms with Crippen LogP contribution in [0, 0.1) is 5.82 Å². The zero-order valence-corrected chi connectivity index (χ0v) is 21.5. The van der Waals surface area contributed by atoms with Crippen molar-refractivity contribution < 1.29 is 35.6 Å². The summed E-state index contributed by atoms with van der Waals surface area (Å²) in [5.41, 5.74) is -2.09. The number of benzene rings is 2. The number of carbonyl (C=O) groups excluding carboxylic acids is 1. The van der Waals surface area contributed by atoms with E-state index in [2.05, 4.69) is 10.5 Å². The van der Waals surface area contributed by atoms with Crippen LogP contribution in [0.15, 0.2) is 56.9 Å². The molecule has 2 aromatic rings. The molecule has 1 atom stereocenters. The lowest BCUT2D eigenvalue weighted by molar-refractivity contribution is -0.275. The maximum atomic E-state index is 14.4. The number of nitrogens with one attached hydrogen (secondary N) is 1. The van der Waals surface area contributed by atoms with Crippen LogP contribution in [0.2, 0.25) is 10.0 Å². The molecule has 3 aliphatic heterocycles. The minimum atomic E-state index is -4.96. The number of fused-ring (bicyclic) bond motifs is 1. The van der Waals surface area contributed by atoms with Crippen LogP contribution in [0.3, 0.4) is 0 Å². The highest BCUT2D eigenvalue weighted by atomic mass is 35.5. The van der Waals surface area contributed by atoms with Gasteiger partial charge in [0, 0.05) is 33.6 Å². The fraction of sp³-hybridized carbons (Fsp3) is 0.217. The molecule has 3 heterocycles. The number of hydrogen-bond acceptors (Lipinski definition) is 6. The van der Waals surface area contributed by atoms with Crippen LogP contribution in [0.1, 0.15) is 33.5 Å². The van der Waals surface area contributed by atoms with Gasteiger partial charge in [0.1, 0.15) is 0 Å². The van der Waals surface area contributed by atoms with Gasteiger partial charge in [-0.05, 0) is 36.3 Å². The van der Waals surface area contributed by atoms with Gasteiger partial charge in [-0.15, -0.1) is 11.8 Å². The Balaban J connectivity index is 1.49. The van der Waals surface area contributed by atoms with E-state index in [9.17, 15) is 30.8 Å². The van der Waals surface area contributed by atoms with Crippen LogP contribution in [0.25, 0.3) is 0 Å². The number of sulfone groups is 1. The molecule has 194 valence electrons. The summed E-state index contributed by atoms with van der Waals surface area (Å²) in [7, 11) is -3.53. The van der Waals surface area contributed by atoms with Crippen LogP contribution in [0.5, 0.6) is 0 Å². The van der Waals surface area contributed by atoms with Gasteiger partial charge in [0.05, 0.1) is 32.4 Å². The van der Waals surface area contributed by atoms with E-state index in [1.165, 1.54) is 30.0 Å². The topological polar surface area (TPSA) is 84.8 Å². The molecule has 37 heavy (non-hydrogen) atoms. The highest BCUT2D eigenvalue weighted by Gasteiger charge is 2.62. The number of rotatable bonds is 4. The summed E-state index contributed by atoms with van der Waals surface area (Å²) in [5.74, 6) is -1.03. The van der Waals surface area contributed by atoms with Crippen molar-refractivity contribution in [2.24, 2.45) is 5.16 Å². The Morgan fingerprint density at radius 2 is 1.89 bits per heavy atom. The van der Waals surface area contributed by atoms with Gasteiger partial charge in [-0.3, -0.25) is 4.79 Å². The van der Waals surface area contributed by atoms with Gasteiger partial charge in [0.2, 0.25) is 0 Å². The molecule has 0 bridgehead atoms. The molecule has 14 heteroatoms. The number of alkyl halides is 3. The monoisotopic (exact) mass is 592 g/mol. The SMILES string of the molecule is O=C(NC1=CS(=O)(=O)C=C1)c1ccc(C2=NOC(c3cc(Cl)c(F)c(Cl)c3)(C(F)(F)F)C2)c2c1SCC2. The molecule has 0 radical (unpaired) electrons. The molecule has 3 aliphatic rings. The maximum absolute atomic E-state index is 14.4. The predicted molar refractivity (Wildman–Crippen MR) is 131 cm³/mol. The van der Waals surface area contributed by atoms with Crippen LogP contribution < -0.4 is 5.32 Å². The fourth-order valence-corrected chi connectivity index (χ4v) is 6.88. The molecule has 2 aromatic carbocycles. The standard InChI is InChI=1S/C23H14Cl2F4N2O4S2/c24-16-7-11(8-17(25)19(16)26)22(23(27,28)29)9-18(31-35-22)13-1-2-15(20-14(13)3-5-36-20)21(32)30-12-4-6-37(33,34)10-12/h1-2,4,6-8,10H,3,5,9H2,(H,30,32). The minimum absolute atomic E-state index is 0.00729. The maximum Gasteiger partial charge on any atom is 0.435 e. The second-order valence-corrected chi connectivity index (χ2v) is 12.0. The second-order valence-electron chi connectivity index (χ2n) is 8.37. The first-order valence-corrected chi connectivity index (χ1v) is 13.9. The van der Waals surface area contributed by atoms with E-state index in [0.29, 0.717) is 28.2 Å². The van der Waals surface area contributed by atoms with Crippen molar-refractivity contribution in [1.82, 2.24) is 5.32 Å². The molecule has 0 spiro atoms. The van der Waals surface area contributed by atoms with Gasteiger partial charge in [-0.2, -0.15) is 13.2 Å². The van der Waals surface area contributed by atoms with Crippen molar-refractivity contribution in [3.63, 3.8) is 0 Å². The molecular formula is C23H14Cl2F4N2O4S2. The zero-order chi connectivity index (χ0) is 26.8. The van der Waals surface area contributed by atoms with Crippen LogP contribution >= 0.6 is 35.0 Å². The first-order valence-electron chi connectivity index (χ1n) is 10.5. The first kappa shape index (κ1) is 26.1. The van der Waals surface area contributed by atoms with Gasteiger partial charge in [-0.1, -0.05) is 34.4 Å². The van der Waals surface area contributed by atoms with Crippen LogP contribution in [0.4, 0.5) is 17.6 Å². The molecule has 1 amide bonds. The highest BCUT2D eigenvalue weighted by molar-refractivity contribution is 7.99. The van der Waals surface area contributed by atoms with Crippen molar-refractivity contribution in [2.75, 3.05) is 5.75 Å². The molecule has 0 saturated carbocycles. The molecule has 0 fully saturated rings. The summed E-state index contributed by atoms with van der Waals surface area (Å²) in [6.07, 6.45) is -3.97. The number of thioether (sulfide) groups is 1. The largest absolute Gasteiger partial charge is 0.435 e. The fourth-order valence-electron chi connectivity index (χ4n) is 4.28. The number of oxime groups is 1. The van der Waals surface area contributed by atoms with Gasteiger partial charge >= 0.3 is 6.18 Å². The van der Waals surface area contributed by atoms with E-state index in [1.807, 2.05) is 0 Å². The number of hydrogen-bond donors (Lipinski definition) is 1. The Morgan fingerprint density at radius 3 is 2.51 bits per heavy atom. The molecule has 1 N–H and O–H groups in total. The van der Waals surface area contributed by atoms with E-state index in [1.54, 1.807) is 0 Å². The van der Waals surface area contributed by atoms with Gasteiger partial charge in [-0.25, -0.2) is 12.8 Å². The Kier molecular flexibility index (Phi) is 6.37. The normalized spacial score (nSPS) is 21.9. The van der Waals surface area contributed by atoms with Crippen molar-refractivity contribution >= 4 is 56.4 Å². The summed E-state index contributed by atoms with van der Waals surface area (Å²) in [5, 5.41) is 6.98. The van der Waals surface area contributed by atoms with Gasteiger partial charge in [0.15, 0.2) is 15.7 Å². The third-order valence-corrected chi connectivity index (χ3v) is 8.85.